The van der Waals surface area contributed by atoms with E-state index in [1.807, 2.05) is 26.0 Å². The van der Waals surface area contributed by atoms with Crippen LogP contribution < -0.4 is 5.73 Å². The second-order valence-electron chi connectivity index (χ2n) is 4.25. The van der Waals surface area contributed by atoms with E-state index in [0.29, 0.717) is 0 Å². The fourth-order valence-corrected chi connectivity index (χ4v) is 1.75. The molecule has 4 nitrogen and oxygen atoms in total. The van der Waals surface area contributed by atoms with E-state index in [1.54, 1.807) is 6.20 Å². The third kappa shape index (κ3) is 1.61. The molecule has 0 bridgehead atoms. The molecule has 2 heterocycles. The van der Waals surface area contributed by atoms with E-state index in [1.165, 1.54) is 0 Å². The molecule has 0 amide bonds. The molecule has 0 aliphatic rings. The van der Waals surface area contributed by atoms with Crippen LogP contribution in [0, 0.1) is 0 Å². The van der Waals surface area contributed by atoms with Crippen LogP contribution in [0.5, 0.6) is 0 Å². The SMILES string of the molecule is CCn1c(C(C)(C)N)nc2cccnc21. The third-order valence-corrected chi connectivity index (χ3v) is 2.40. The van der Waals surface area contributed by atoms with Crippen LogP contribution in [0.15, 0.2) is 18.3 Å². The maximum atomic E-state index is 6.09. The molecule has 0 saturated heterocycles. The quantitative estimate of drug-likeness (QED) is 0.809. The van der Waals surface area contributed by atoms with Crippen LogP contribution in [-0.4, -0.2) is 14.5 Å². The van der Waals surface area contributed by atoms with Gasteiger partial charge in [-0.3, -0.25) is 0 Å². The molecule has 0 fully saturated rings. The summed E-state index contributed by atoms with van der Waals surface area (Å²) in [5, 5.41) is 0. The van der Waals surface area contributed by atoms with Gasteiger partial charge in [0, 0.05) is 12.7 Å². The summed E-state index contributed by atoms with van der Waals surface area (Å²) in [6.07, 6.45) is 1.78. The van der Waals surface area contributed by atoms with Crippen molar-refractivity contribution >= 4 is 11.2 Å². The molecule has 4 heteroatoms. The summed E-state index contributed by atoms with van der Waals surface area (Å²) in [5.74, 6) is 0.888. The third-order valence-electron chi connectivity index (χ3n) is 2.40. The first-order chi connectivity index (χ1) is 7.04. The molecule has 2 aromatic heterocycles. The lowest BCUT2D eigenvalue weighted by Gasteiger charge is -2.18. The van der Waals surface area contributed by atoms with E-state index in [9.17, 15) is 0 Å². The van der Waals surface area contributed by atoms with Gasteiger partial charge in [-0.25, -0.2) is 9.97 Å². The highest BCUT2D eigenvalue weighted by atomic mass is 15.1. The zero-order valence-corrected chi connectivity index (χ0v) is 9.36. The molecule has 2 N–H and O–H groups in total. The van der Waals surface area contributed by atoms with Crippen molar-refractivity contribution in [2.24, 2.45) is 5.73 Å². The van der Waals surface area contributed by atoms with Gasteiger partial charge in [0.05, 0.1) is 5.54 Å². The molecule has 15 heavy (non-hydrogen) atoms. The number of rotatable bonds is 2. The van der Waals surface area contributed by atoms with Crippen molar-refractivity contribution in [1.29, 1.82) is 0 Å². The Hall–Kier alpha value is -1.42. The topological polar surface area (TPSA) is 56.7 Å². The number of hydrogen-bond acceptors (Lipinski definition) is 3. The molecule has 2 rings (SSSR count). The predicted molar refractivity (Wildman–Crippen MR) is 60.4 cm³/mol. The van der Waals surface area contributed by atoms with Gasteiger partial charge in [0.25, 0.3) is 0 Å². The molecule has 0 aliphatic carbocycles. The zero-order valence-electron chi connectivity index (χ0n) is 9.36. The Morgan fingerprint density at radius 2 is 2.20 bits per heavy atom. The zero-order chi connectivity index (χ0) is 11.1. The van der Waals surface area contributed by atoms with Gasteiger partial charge in [0.15, 0.2) is 5.65 Å². The van der Waals surface area contributed by atoms with E-state index in [4.69, 9.17) is 5.73 Å². The Morgan fingerprint density at radius 3 is 2.80 bits per heavy atom. The second kappa shape index (κ2) is 3.31. The number of pyridine rings is 1. The van der Waals surface area contributed by atoms with E-state index >= 15 is 0 Å². The van der Waals surface area contributed by atoms with E-state index in [2.05, 4.69) is 21.5 Å². The van der Waals surface area contributed by atoms with Gasteiger partial charge in [-0.15, -0.1) is 0 Å². The van der Waals surface area contributed by atoms with Gasteiger partial charge in [0.2, 0.25) is 0 Å². The standard InChI is InChI=1S/C11H16N4/c1-4-15-9-8(6-5-7-13-9)14-10(15)11(2,3)12/h5-7H,4,12H2,1-3H3. The first-order valence-corrected chi connectivity index (χ1v) is 5.14. The van der Waals surface area contributed by atoms with Gasteiger partial charge < -0.3 is 10.3 Å². The van der Waals surface area contributed by atoms with Crippen LogP contribution in [0.1, 0.15) is 26.6 Å². The summed E-state index contributed by atoms with van der Waals surface area (Å²) in [7, 11) is 0. The summed E-state index contributed by atoms with van der Waals surface area (Å²) in [5.41, 5.74) is 7.47. The molecular formula is C11H16N4. The van der Waals surface area contributed by atoms with Crippen LogP contribution in [0.2, 0.25) is 0 Å². The minimum absolute atomic E-state index is 0.434. The number of nitrogens with two attached hydrogens (primary N) is 1. The van der Waals surface area contributed by atoms with Crippen LogP contribution in [0.3, 0.4) is 0 Å². The fourth-order valence-electron chi connectivity index (χ4n) is 1.75. The van der Waals surface area contributed by atoms with Crippen LogP contribution in [0.25, 0.3) is 11.2 Å². The smallest absolute Gasteiger partial charge is 0.160 e. The summed E-state index contributed by atoms with van der Waals surface area (Å²) < 4.78 is 2.06. The lowest BCUT2D eigenvalue weighted by Crippen LogP contribution is -2.32. The van der Waals surface area contributed by atoms with Gasteiger partial charge >= 0.3 is 0 Å². The number of aromatic nitrogens is 3. The maximum absolute atomic E-state index is 6.09. The fraction of sp³-hybridized carbons (Fsp3) is 0.455. The molecule has 0 unspecified atom stereocenters. The van der Waals surface area contributed by atoms with Crippen LogP contribution in [-0.2, 0) is 12.1 Å². The van der Waals surface area contributed by atoms with Gasteiger partial charge in [-0.05, 0) is 32.9 Å². The predicted octanol–water partition coefficient (Wildman–Crippen LogP) is 1.65. The van der Waals surface area contributed by atoms with Crippen molar-refractivity contribution in [3.8, 4) is 0 Å². The molecular weight excluding hydrogens is 188 g/mol. The molecule has 0 aliphatic heterocycles. The lowest BCUT2D eigenvalue weighted by atomic mass is 10.1. The molecule has 0 atom stereocenters. The maximum Gasteiger partial charge on any atom is 0.160 e. The van der Waals surface area contributed by atoms with Gasteiger partial charge in [0.1, 0.15) is 11.3 Å². The van der Waals surface area contributed by atoms with Gasteiger partial charge in [-0.2, -0.15) is 0 Å². The van der Waals surface area contributed by atoms with Crippen LogP contribution >= 0.6 is 0 Å². The number of hydrogen-bond donors (Lipinski definition) is 1. The first-order valence-electron chi connectivity index (χ1n) is 5.14. The Labute approximate surface area is 89.1 Å². The Bertz CT molecular complexity index is 479. The highest BCUT2D eigenvalue weighted by Crippen LogP contribution is 2.21. The van der Waals surface area contributed by atoms with Gasteiger partial charge in [-0.1, -0.05) is 0 Å². The van der Waals surface area contributed by atoms with E-state index < -0.39 is 5.54 Å². The van der Waals surface area contributed by atoms with E-state index in [0.717, 1.165) is 23.5 Å². The van der Waals surface area contributed by atoms with Crippen molar-refractivity contribution in [1.82, 2.24) is 14.5 Å². The molecule has 0 aromatic carbocycles. The second-order valence-corrected chi connectivity index (χ2v) is 4.25. The molecule has 0 saturated carbocycles. The van der Waals surface area contributed by atoms with Crippen molar-refractivity contribution in [2.45, 2.75) is 32.9 Å². The Kier molecular flexibility index (Phi) is 2.23. The Morgan fingerprint density at radius 1 is 1.47 bits per heavy atom. The minimum atomic E-state index is -0.434. The van der Waals surface area contributed by atoms with Crippen molar-refractivity contribution in [3.05, 3.63) is 24.2 Å². The first kappa shape index (κ1) is 10.1. The number of imidazole rings is 1. The Balaban J connectivity index is 2.75. The van der Waals surface area contributed by atoms with E-state index in [-0.39, 0.29) is 0 Å². The monoisotopic (exact) mass is 204 g/mol. The van der Waals surface area contributed by atoms with Crippen molar-refractivity contribution < 1.29 is 0 Å². The number of aryl methyl sites for hydroxylation is 1. The normalized spacial score (nSPS) is 12.3. The molecule has 0 spiro atoms. The summed E-state index contributed by atoms with van der Waals surface area (Å²) in [6, 6.07) is 3.85. The molecule has 80 valence electrons. The average molecular weight is 204 g/mol. The number of fused-ring (bicyclic) bond motifs is 1. The lowest BCUT2D eigenvalue weighted by molar-refractivity contribution is 0.484. The largest absolute Gasteiger partial charge is 0.319 e. The highest BCUT2D eigenvalue weighted by molar-refractivity contribution is 5.71. The molecule has 0 radical (unpaired) electrons. The van der Waals surface area contributed by atoms with Crippen molar-refractivity contribution in [3.63, 3.8) is 0 Å². The number of nitrogens with zero attached hydrogens (tertiary/aromatic N) is 3. The average Bonchev–Trinajstić information content (AvgIpc) is 2.55. The van der Waals surface area contributed by atoms with Crippen molar-refractivity contribution in [2.75, 3.05) is 0 Å². The summed E-state index contributed by atoms with van der Waals surface area (Å²) in [4.78, 5) is 8.86. The highest BCUT2D eigenvalue weighted by Gasteiger charge is 2.22. The molecule has 2 aromatic rings. The van der Waals surface area contributed by atoms with Crippen LogP contribution in [0.4, 0.5) is 0 Å². The minimum Gasteiger partial charge on any atom is -0.319 e. The summed E-state index contributed by atoms with van der Waals surface area (Å²) >= 11 is 0. The summed E-state index contributed by atoms with van der Waals surface area (Å²) in [6.45, 7) is 6.83.